The van der Waals surface area contributed by atoms with E-state index in [2.05, 4.69) is 16.4 Å². The monoisotopic (exact) mass is 352 g/mol. The van der Waals surface area contributed by atoms with Gasteiger partial charge in [0.05, 0.1) is 11.6 Å². The molecule has 1 heterocycles. The van der Waals surface area contributed by atoms with Crippen LogP contribution in [0.3, 0.4) is 0 Å². The normalized spacial score (nSPS) is 10.5. The third-order valence-corrected chi connectivity index (χ3v) is 4.25. The highest BCUT2D eigenvalue weighted by atomic mass is 35.5. The number of nitrogens with two attached hydrogens (primary N) is 1. The minimum atomic E-state index is 0.257. The van der Waals surface area contributed by atoms with E-state index >= 15 is 0 Å². The second-order valence-corrected chi connectivity index (χ2v) is 6.29. The number of benzene rings is 2. The van der Waals surface area contributed by atoms with Crippen molar-refractivity contribution < 1.29 is 4.42 Å². The van der Waals surface area contributed by atoms with Crippen molar-refractivity contribution in [2.75, 3.05) is 11.1 Å². The maximum absolute atomic E-state index is 9.20. The van der Waals surface area contributed by atoms with Crippen LogP contribution in [-0.4, -0.2) is 4.98 Å². The fourth-order valence-corrected chi connectivity index (χ4v) is 2.92. The van der Waals surface area contributed by atoms with Crippen molar-refractivity contribution in [1.29, 1.82) is 5.26 Å². The quantitative estimate of drug-likeness (QED) is 0.639. The summed E-state index contributed by atoms with van der Waals surface area (Å²) in [6, 6.07) is 11.8. The van der Waals surface area contributed by atoms with Crippen LogP contribution < -0.4 is 11.1 Å². The molecule has 0 aliphatic heterocycles. The molecule has 0 atom stereocenters. The molecule has 0 radical (unpaired) electrons. The highest BCUT2D eigenvalue weighted by molar-refractivity contribution is 6.31. The molecule has 0 bridgehead atoms. The van der Waals surface area contributed by atoms with Crippen LogP contribution in [0, 0.1) is 32.1 Å². The van der Waals surface area contributed by atoms with Gasteiger partial charge in [0.2, 0.25) is 0 Å². The summed E-state index contributed by atoms with van der Waals surface area (Å²) >= 11 is 6.26. The van der Waals surface area contributed by atoms with Gasteiger partial charge in [0.15, 0.2) is 10.9 Å². The first-order chi connectivity index (χ1) is 11.9. The Balaban J connectivity index is 1.99. The lowest BCUT2D eigenvalue weighted by Gasteiger charge is -2.07. The molecule has 2 aromatic carbocycles. The Bertz CT molecular complexity index is 978. The predicted molar refractivity (Wildman–Crippen MR) is 100 cm³/mol. The first-order valence-electron chi connectivity index (χ1n) is 7.70. The summed E-state index contributed by atoms with van der Waals surface area (Å²) in [6.07, 6.45) is 0. The molecule has 0 saturated carbocycles. The molecule has 5 nitrogen and oxygen atoms in total. The number of nitriles is 1. The van der Waals surface area contributed by atoms with E-state index in [1.165, 1.54) is 0 Å². The molecule has 3 N–H and O–H groups in total. The van der Waals surface area contributed by atoms with Gasteiger partial charge in [-0.1, -0.05) is 17.7 Å². The van der Waals surface area contributed by atoms with Crippen molar-refractivity contribution in [3.63, 3.8) is 0 Å². The maximum atomic E-state index is 9.20. The number of nitrogens with one attached hydrogen (secondary N) is 1. The van der Waals surface area contributed by atoms with Crippen molar-refractivity contribution in [2.45, 2.75) is 20.8 Å². The number of nitrogen functional groups attached to an aromatic ring is 1. The SMILES string of the molecule is Cc1ccc(N)cc1Nc1nc(Cl)c(-c2cc(C)c(C#N)c(C)c2)o1. The second kappa shape index (κ2) is 6.50. The van der Waals surface area contributed by atoms with Gasteiger partial charge >= 0.3 is 6.01 Å². The molecular formula is C19H17ClN4O. The van der Waals surface area contributed by atoms with Gasteiger partial charge in [-0.3, -0.25) is 0 Å². The topological polar surface area (TPSA) is 87.9 Å². The van der Waals surface area contributed by atoms with Crippen LogP contribution in [0.4, 0.5) is 17.4 Å². The zero-order valence-corrected chi connectivity index (χ0v) is 14.9. The number of aryl methyl sites for hydroxylation is 3. The van der Waals surface area contributed by atoms with Crippen molar-refractivity contribution in [3.05, 3.63) is 57.7 Å². The van der Waals surface area contributed by atoms with Crippen LogP contribution in [0.15, 0.2) is 34.7 Å². The predicted octanol–water partition coefficient (Wildman–Crippen LogP) is 5.12. The summed E-state index contributed by atoms with van der Waals surface area (Å²) in [4.78, 5) is 4.24. The second-order valence-electron chi connectivity index (χ2n) is 5.94. The molecular weight excluding hydrogens is 336 g/mol. The average molecular weight is 353 g/mol. The Morgan fingerprint density at radius 1 is 1.12 bits per heavy atom. The fourth-order valence-electron chi connectivity index (χ4n) is 2.69. The first kappa shape index (κ1) is 16.9. The molecule has 126 valence electrons. The van der Waals surface area contributed by atoms with Crippen LogP contribution in [0.2, 0.25) is 5.15 Å². The summed E-state index contributed by atoms with van der Waals surface area (Å²) in [5.41, 5.74) is 11.5. The van der Waals surface area contributed by atoms with Gasteiger partial charge in [-0.25, -0.2) is 0 Å². The lowest BCUT2D eigenvalue weighted by molar-refractivity contribution is 0.592. The van der Waals surface area contributed by atoms with E-state index in [1.54, 1.807) is 0 Å². The first-order valence-corrected chi connectivity index (χ1v) is 8.08. The maximum Gasteiger partial charge on any atom is 0.301 e. The largest absolute Gasteiger partial charge is 0.422 e. The highest BCUT2D eigenvalue weighted by Gasteiger charge is 2.16. The Kier molecular flexibility index (Phi) is 4.39. The number of aromatic nitrogens is 1. The number of oxazole rings is 1. The molecule has 0 amide bonds. The van der Waals surface area contributed by atoms with E-state index in [4.69, 9.17) is 21.8 Å². The molecule has 0 spiro atoms. The Hall–Kier alpha value is -2.97. The molecule has 0 aliphatic rings. The lowest BCUT2D eigenvalue weighted by Crippen LogP contribution is -1.95. The zero-order valence-electron chi connectivity index (χ0n) is 14.1. The number of hydrogen-bond acceptors (Lipinski definition) is 5. The van der Waals surface area contributed by atoms with Crippen molar-refractivity contribution >= 4 is 29.0 Å². The number of nitrogens with zero attached hydrogens (tertiary/aromatic N) is 2. The highest BCUT2D eigenvalue weighted by Crippen LogP contribution is 2.34. The Morgan fingerprint density at radius 2 is 1.80 bits per heavy atom. The van der Waals surface area contributed by atoms with Crippen molar-refractivity contribution in [2.24, 2.45) is 0 Å². The summed E-state index contributed by atoms with van der Waals surface area (Å²) < 4.78 is 5.80. The molecule has 0 aliphatic carbocycles. The van der Waals surface area contributed by atoms with Gasteiger partial charge in [-0.05, 0) is 61.7 Å². The van der Waals surface area contributed by atoms with E-state index in [0.29, 0.717) is 17.0 Å². The van der Waals surface area contributed by atoms with Gasteiger partial charge in [-0.15, -0.1) is 0 Å². The van der Waals surface area contributed by atoms with E-state index < -0.39 is 0 Å². The van der Waals surface area contributed by atoms with Crippen LogP contribution >= 0.6 is 11.6 Å². The molecule has 3 aromatic rings. The number of halogens is 1. The van der Waals surface area contributed by atoms with Crippen molar-refractivity contribution in [1.82, 2.24) is 4.98 Å². The van der Waals surface area contributed by atoms with Crippen LogP contribution in [0.25, 0.3) is 11.3 Å². The molecule has 6 heteroatoms. The van der Waals surface area contributed by atoms with E-state index in [1.807, 2.05) is 51.1 Å². The van der Waals surface area contributed by atoms with Gasteiger partial charge in [0, 0.05) is 16.9 Å². The summed E-state index contributed by atoms with van der Waals surface area (Å²) in [5, 5.41) is 12.6. The number of rotatable bonds is 3. The summed E-state index contributed by atoms with van der Waals surface area (Å²) in [7, 11) is 0. The van der Waals surface area contributed by atoms with E-state index in [0.717, 1.165) is 27.9 Å². The lowest BCUT2D eigenvalue weighted by atomic mass is 9.99. The number of anilines is 3. The molecule has 1 aromatic heterocycles. The fraction of sp³-hybridized carbons (Fsp3) is 0.158. The minimum absolute atomic E-state index is 0.257. The summed E-state index contributed by atoms with van der Waals surface area (Å²) in [6.45, 7) is 5.73. The van der Waals surface area contributed by atoms with Crippen LogP contribution in [0.1, 0.15) is 22.3 Å². The van der Waals surface area contributed by atoms with Crippen molar-refractivity contribution in [3.8, 4) is 17.4 Å². The van der Waals surface area contributed by atoms with Gasteiger partial charge < -0.3 is 15.5 Å². The Morgan fingerprint density at radius 3 is 2.44 bits per heavy atom. The molecule has 3 rings (SSSR count). The zero-order chi connectivity index (χ0) is 18.1. The third-order valence-electron chi connectivity index (χ3n) is 4.00. The van der Waals surface area contributed by atoms with Crippen LogP contribution in [0.5, 0.6) is 0 Å². The Labute approximate surface area is 151 Å². The standard InChI is InChI=1S/C19H17ClN4O/c1-10-4-5-14(22)8-16(10)23-19-24-18(20)17(25-19)13-6-11(2)15(9-21)12(3)7-13/h4-8H,22H2,1-3H3,(H,23,24). The summed E-state index contributed by atoms with van der Waals surface area (Å²) in [5.74, 6) is 0.460. The van der Waals surface area contributed by atoms with Crippen LogP contribution in [-0.2, 0) is 0 Å². The van der Waals surface area contributed by atoms with Gasteiger partial charge in [0.25, 0.3) is 0 Å². The smallest absolute Gasteiger partial charge is 0.301 e. The van der Waals surface area contributed by atoms with E-state index in [9.17, 15) is 5.26 Å². The third kappa shape index (κ3) is 3.30. The average Bonchev–Trinajstić information content (AvgIpc) is 2.91. The molecule has 0 saturated heterocycles. The molecule has 25 heavy (non-hydrogen) atoms. The number of hydrogen-bond donors (Lipinski definition) is 2. The minimum Gasteiger partial charge on any atom is -0.422 e. The van der Waals surface area contributed by atoms with Gasteiger partial charge in [0.1, 0.15) is 0 Å². The molecule has 0 unspecified atom stereocenters. The van der Waals surface area contributed by atoms with Gasteiger partial charge in [-0.2, -0.15) is 10.2 Å². The van der Waals surface area contributed by atoms with E-state index in [-0.39, 0.29) is 11.2 Å². The molecule has 0 fully saturated rings.